The van der Waals surface area contributed by atoms with Gasteiger partial charge >= 0.3 is 0 Å². The Bertz CT molecular complexity index is 460. The zero-order valence-electron chi connectivity index (χ0n) is 11.7. The second-order valence-electron chi connectivity index (χ2n) is 5.71. The van der Waals surface area contributed by atoms with Gasteiger partial charge in [-0.3, -0.25) is 0 Å². The van der Waals surface area contributed by atoms with Crippen LogP contribution in [0.1, 0.15) is 32.8 Å². The first-order valence-electron chi connectivity index (χ1n) is 6.63. The molecular formula is C16H22FN. The fourth-order valence-electron chi connectivity index (χ4n) is 2.54. The van der Waals surface area contributed by atoms with Gasteiger partial charge in [0.15, 0.2) is 0 Å². The molecule has 2 rings (SSSR count). The van der Waals surface area contributed by atoms with E-state index in [0.29, 0.717) is 12.3 Å². The molecule has 0 spiro atoms. The largest absolute Gasteiger partial charge is 0.374 e. The van der Waals surface area contributed by atoms with E-state index < -0.39 is 5.67 Å². The Hall–Kier alpha value is -1.31. The van der Waals surface area contributed by atoms with Gasteiger partial charge in [0.25, 0.3) is 0 Å². The molecule has 0 saturated carbocycles. The molecule has 0 N–H and O–H groups in total. The molecule has 1 unspecified atom stereocenters. The number of nitrogens with zero attached hydrogens (tertiary/aromatic N) is 1. The summed E-state index contributed by atoms with van der Waals surface area (Å²) in [5.41, 5.74) is 1.77. The third kappa shape index (κ3) is 2.43. The molecule has 0 bridgehead atoms. The van der Waals surface area contributed by atoms with Gasteiger partial charge in [0.05, 0.1) is 0 Å². The van der Waals surface area contributed by atoms with Crippen LogP contribution in [0.3, 0.4) is 0 Å². The van der Waals surface area contributed by atoms with E-state index in [0.717, 1.165) is 23.4 Å². The number of anilines is 1. The first kappa shape index (κ1) is 13.1. The number of para-hydroxylation sites is 1. The summed E-state index contributed by atoms with van der Waals surface area (Å²) in [5, 5.41) is 0. The molecule has 0 aromatic heterocycles. The van der Waals surface area contributed by atoms with Crippen LogP contribution in [0.5, 0.6) is 0 Å². The molecule has 0 amide bonds. The monoisotopic (exact) mass is 247 g/mol. The molecule has 1 nitrogen and oxygen atoms in total. The van der Waals surface area contributed by atoms with Crippen molar-refractivity contribution in [1.29, 1.82) is 0 Å². The van der Waals surface area contributed by atoms with E-state index in [1.807, 2.05) is 25.2 Å². The number of hydrogen-bond acceptors (Lipinski definition) is 1. The van der Waals surface area contributed by atoms with Crippen LogP contribution in [0.15, 0.2) is 30.3 Å². The van der Waals surface area contributed by atoms with E-state index in [9.17, 15) is 4.39 Å². The van der Waals surface area contributed by atoms with Gasteiger partial charge in [-0.2, -0.15) is 0 Å². The van der Waals surface area contributed by atoms with Crippen LogP contribution in [-0.4, -0.2) is 19.3 Å². The van der Waals surface area contributed by atoms with E-state index in [-0.39, 0.29) is 0 Å². The highest BCUT2D eigenvalue weighted by atomic mass is 19.1. The van der Waals surface area contributed by atoms with E-state index in [2.05, 4.69) is 30.9 Å². The average Bonchev–Trinajstić information content (AvgIpc) is 2.40. The van der Waals surface area contributed by atoms with Crippen LogP contribution >= 0.6 is 0 Å². The Labute approximate surface area is 109 Å². The number of allylic oxidation sites excluding steroid dienone is 2. The minimum atomic E-state index is -1.24. The standard InChI is InChI=1S/C16H22FN/c1-12(2)11-14-13-7-5-6-8-15(13)18(4)10-9-16(14,3)17/h5-8,11-12H,9-10H2,1-4H3/b14-11+. The van der Waals surface area contributed by atoms with Crippen molar-refractivity contribution in [2.24, 2.45) is 5.92 Å². The average molecular weight is 247 g/mol. The van der Waals surface area contributed by atoms with Crippen molar-refractivity contribution in [1.82, 2.24) is 0 Å². The zero-order valence-corrected chi connectivity index (χ0v) is 11.7. The van der Waals surface area contributed by atoms with Crippen LogP contribution in [0, 0.1) is 5.92 Å². The minimum absolute atomic E-state index is 0.353. The number of halogens is 1. The number of alkyl halides is 1. The Morgan fingerprint density at radius 1 is 1.33 bits per heavy atom. The van der Waals surface area contributed by atoms with Crippen LogP contribution in [0.2, 0.25) is 0 Å². The molecule has 2 heteroatoms. The summed E-state index contributed by atoms with van der Waals surface area (Å²) in [5.74, 6) is 0.353. The molecule has 1 aromatic rings. The first-order chi connectivity index (χ1) is 8.42. The van der Waals surface area contributed by atoms with Gasteiger partial charge in [0.1, 0.15) is 5.67 Å². The molecule has 98 valence electrons. The lowest BCUT2D eigenvalue weighted by atomic mass is 9.87. The number of fused-ring (bicyclic) bond motifs is 1. The van der Waals surface area contributed by atoms with Crippen molar-refractivity contribution in [3.8, 4) is 0 Å². The van der Waals surface area contributed by atoms with Crippen molar-refractivity contribution < 1.29 is 4.39 Å². The fourth-order valence-corrected chi connectivity index (χ4v) is 2.54. The van der Waals surface area contributed by atoms with Crippen molar-refractivity contribution in [2.75, 3.05) is 18.5 Å². The molecule has 0 aliphatic carbocycles. The van der Waals surface area contributed by atoms with Gasteiger partial charge in [0, 0.05) is 31.3 Å². The SMILES string of the molecule is CC(C)/C=C1\c2ccccc2N(C)CCC1(C)F. The van der Waals surface area contributed by atoms with Crippen LogP contribution in [-0.2, 0) is 0 Å². The number of rotatable bonds is 1. The molecule has 1 aliphatic heterocycles. The Morgan fingerprint density at radius 3 is 2.67 bits per heavy atom. The molecular weight excluding hydrogens is 225 g/mol. The molecule has 0 saturated heterocycles. The summed E-state index contributed by atoms with van der Waals surface area (Å²) in [6.07, 6.45) is 2.61. The summed E-state index contributed by atoms with van der Waals surface area (Å²) in [7, 11) is 2.03. The van der Waals surface area contributed by atoms with Crippen LogP contribution in [0.4, 0.5) is 10.1 Å². The number of hydrogen-bond donors (Lipinski definition) is 0. The van der Waals surface area contributed by atoms with Crippen molar-refractivity contribution in [3.05, 3.63) is 35.9 Å². The molecule has 1 heterocycles. The van der Waals surface area contributed by atoms with Crippen LogP contribution in [0.25, 0.3) is 5.57 Å². The van der Waals surface area contributed by atoms with Gasteiger partial charge in [-0.1, -0.05) is 38.1 Å². The van der Waals surface area contributed by atoms with E-state index in [1.54, 1.807) is 6.92 Å². The van der Waals surface area contributed by atoms with Crippen molar-refractivity contribution in [3.63, 3.8) is 0 Å². The van der Waals surface area contributed by atoms with Gasteiger partial charge in [-0.05, 0) is 24.5 Å². The predicted octanol–water partition coefficient (Wildman–Crippen LogP) is 4.29. The van der Waals surface area contributed by atoms with Crippen LogP contribution < -0.4 is 4.90 Å². The molecule has 1 aromatic carbocycles. The topological polar surface area (TPSA) is 3.24 Å². The Morgan fingerprint density at radius 2 is 2.00 bits per heavy atom. The highest BCUT2D eigenvalue weighted by Gasteiger charge is 2.34. The molecule has 1 atom stereocenters. The Kier molecular flexibility index (Phi) is 3.47. The lowest BCUT2D eigenvalue weighted by Gasteiger charge is -2.23. The zero-order chi connectivity index (χ0) is 13.3. The second-order valence-corrected chi connectivity index (χ2v) is 5.71. The van der Waals surface area contributed by atoms with Crippen molar-refractivity contribution in [2.45, 2.75) is 32.9 Å². The quantitative estimate of drug-likeness (QED) is 0.715. The summed E-state index contributed by atoms with van der Waals surface area (Å²) in [6.45, 7) is 6.65. The molecule has 0 fully saturated rings. The van der Waals surface area contributed by atoms with Gasteiger partial charge in [-0.15, -0.1) is 0 Å². The minimum Gasteiger partial charge on any atom is -0.374 e. The van der Waals surface area contributed by atoms with E-state index in [4.69, 9.17) is 0 Å². The third-order valence-corrected chi connectivity index (χ3v) is 3.58. The lowest BCUT2D eigenvalue weighted by molar-refractivity contribution is 0.258. The van der Waals surface area contributed by atoms with Gasteiger partial charge in [-0.25, -0.2) is 4.39 Å². The summed E-state index contributed by atoms with van der Waals surface area (Å²) < 4.78 is 14.9. The second kappa shape index (κ2) is 4.75. The summed E-state index contributed by atoms with van der Waals surface area (Å²) in [6, 6.07) is 8.11. The van der Waals surface area contributed by atoms with Crippen molar-refractivity contribution >= 4 is 11.3 Å². The maximum atomic E-state index is 14.9. The molecule has 0 radical (unpaired) electrons. The highest BCUT2D eigenvalue weighted by molar-refractivity contribution is 5.82. The van der Waals surface area contributed by atoms with Gasteiger partial charge in [0.2, 0.25) is 0 Å². The summed E-state index contributed by atoms with van der Waals surface area (Å²) >= 11 is 0. The Balaban J connectivity index is 2.62. The maximum Gasteiger partial charge on any atom is 0.135 e. The van der Waals surface area contributed by atoms with Gasteiger partial charge < -0.3 is 4.90 Å². The normalized spacial score (nSPS) is 26.3. The molecule has 1 aliphatic rings. The number of benzene rings is 1. The third-order valence-electron chi connectivity index (χ3n) is 3.58. The predicted molar refractivity (Wildman–Crippen MR) is 76.7 cm³/mol. The highest BCUT2D eigenvalue weighted by Crippen LogP contribution is 2.41. The summed E-state index contributed by atoms with van der Waals surface area (Å²) in [4.78, 5) is 2.15. The fraction of sp³-hybridized carbons (Fsp3) is 0.500. The lowest BCUT2D eigenvalue weighted by Crippen LogP contribution is -2.24. The van der Waals surface area contributed by atoms with E-state index >= 15 is 0 Å². The first-order valence-corrected chi connectivity index (χ1v) is 6.63. The van der Waals surface area contributed by atoms with E-state index in [1.165, 1.54) is 0 Å². The smallest absolute Gasteiger partial charge is 0.135 e. The maximum absolute atomic E-state index is 14.9. The molecule has 18 heavy (non-hydrogen) atoms.